The average molecular weight is 561 g/mol. The molecule has 13 heteroatoms. The molecule has 0 aromatic carbocycles. The normalized spacial score (nSPS) is 23.6. The van der Waals surface area contributed by atoms with Crippen molar-refractivity contribution in [2.45, 2.75) is 54.5 Å². The van der Waals surface area contributed by atoms with Crippen molar-refractivity contribution in [2.75, 3.05) is 42.6 Å². The van der Waals surface area contributed by atoms with Crippen LogP contribution in [0.15, 0.2) is 28.4 Å². The SMILES string of the molecule is C[C@@H]1OCC2(CCN(c3ncc(Sc4ccnc(N5CC(O)C5)c4Cl)nc3CO)CC2)[C@@H]1N.S.S. The summed E-state index contributed by atoms with van der Waals surface area (Å²) in [5, 5.41) is 20.8. The maximum atomic E-state index is 10.0. The van der Waals surface area contributed by atoms with Crippen molar-refractivity contribution >= 4 is 62.0 Å². The molecule has 5 heterocycles. The van der Waals surface area contributed by atoms with Gasteiger partial charge in [0.1, 0.15) is 16.5 Å². The van der Waals surface area contributed by atoms with E-state index in [1.165, 1.54) is 11.8 Å². The van der Waals surface area contributed by atoms with Gasteiger partial charge in [-0.2, -0.15) is 27.0 Å². The lowest BCUT2D eigenvalue weighted by Crippen LogP contribution is -2.51. The van der Waals surface area contributed by atoms with E-state index in [0.29, 0.717) is 47.1 Å². The van der Waals surface area contributed by atoms with Crippen LogP contribution in [0.5, 0.6) is 0 Å². The van der Waals surface area contributed by atoms with Crippen molar-refractivity contribution in [3.63, 3.8) is 0 Å². The Hall–Kier alpha value is -0.990. The Kier molecular flexibility index (Phi) is 9.47. The number of aliphatic hydroxyl groups is 2. The summed E-state index contributed by atoms with van der Waals surface area (Å²) in [4.78, 5) is 18.6. The van der Waals surface area contributed by atoms with Crippen molar-refractivity contribution in [1.82, 2.24) is 15.0 Å². The Labute approximate surface area is 228 Å². The highest BCUT2D eigenvalue weighted by molar-refractivity contribution is 7.99. The monoisotopic (exact) mass is 560 g/mol. The van der Waals surface area contributed by atoms with Crippen molar-refractivity contribution in [2.24, 2.45) is 11.1 Å². The minimum atomic E-state index is -0.338. The molecule has 2 atom stereocenters. The Morgan fingerprint density at radius 2 is 1.91 bits per heavy atom. The molecule has 3 aliphatic heterocycles. The molecule has 0 radical (unpaired) electrons. The molecule has 0 amide bonds. The topological polar surface area (TPSA) is 121 Å². The highest BCUT2D eigenvalue weighted by atomic mass is 35.5. The fraction of sp³-hybridized carbons (Fsp3) is 0.591. The number of rotatable bonds is 5. The van der Waals surface area contributed by atoms with Gasteiger partial charge in [-0.05, 0) is 25.8 Å². The summed E-state index contributed by atoms with van der Waals surface area (Å²) in [5.41, 5.74) is 7.01. The number of nitrogens with zero attached hydrogens (tertiary/aromatic N) is 5. The van der Waals surface area contributed by atoms with Gasteiger partial charge >= 0.3 is 0 Å². The molecule has 4 N–H and O–H groups in total. The Morgan fingerprint density at radius 1 is 1.20 bits per heavy atom. The third kappa shape index (κ3) is 5.49. The second kappa shape index (κ2) is 11.6. The number of hydrogen-bond donors (Lipinski definition) is 3. The molecule has 3 saturated heterocycles. The Morgan fingerprint density at radius 3 is 2.51 bits per heavy atom. The quantitative estimate of drug-likeness (QED) is 0.500. The number of pyridine rings is 1. The molecule has 0 aliphatic carbocycles. The second-order valence-electron chi connectivity index (χ2n) is 9.14. The van der Waals surface area contributed by atoms with E-state index in [0.717, 1.165) is 30.8 Å². The molecule has 3 aliphatic rings. The maximum Gasteiger partial charge on any atom is 0.152 e. The van der Waals surface area contributed by atoms with Gasteiger partial charge in [0.25, 0.3) is 0 Å². The van der Waals surface area contributed by atoms with Gasteiger partial charge in [0.15, 0.2) is 5.82 Å². The first-order valence-electron chi connectivity index (χ1n) is 11.2. The molecular formula is C22H33ClN6O3S3. The number of nitrogens with two attached hydrogens (primary N) is 1. The van der Waals surface area contributed by atoms with E-state index in [-0.39, 0.29) is 57.3 Å². The molecule has 1 spiro atoms. The van der Waals surface area contributed by atoms with E-state index < -0.39 is 0 Å². The third-order valence-corrected chi connectivity index (χ3v) is 8.52. The van der Waals surface area contributed by atoms with Crippen LogP contribution in [-0.2, 0) is 11.3 Å². The number of aliphatic hydroxyl groups excluding tert-OH is 2. The van der Waals surface area contributed by atoms with Crippen molar-refractivity contribution in [1.29, 1.82) is 0 Å². The van der Waals surface area contributed by atoms with Crippen molar-refractivity contribution < 1.29 is 14.9 Å². The van der Waals surface area contributed by atoms with Gasteiger partial charge in [0.2, 0.25) is 0 Å². The highest BCUT2D eigenvalue weighted by Gasteiger charge is 2.47. The summed E-state index contributed by atoms with van der Waals surface area (Å²) in [6, 6.07) is 1.88. The van der Waals surface area contributed by atoms with Crippen LogP contribution in [0.4, 0.5) is 11.6 Å². The number of anilines is 2. The van der Waals surface area contributed by atoms with E-state index >= 15 is 0 Å². The smallest absolute Gasteiger partial charge is 0.152 e. The van der Waals surface area contributed by atoms with Crippen LogP contribution in [0.3, 0.4) is 0 Å². The predicted molar refractivity (Wildman–Crippen MR) is 148 cm³/mol. The van der Waals surface area contributed by atoms with Crippen LogP contribution in [0.1, 0.15) is 25.5 Å². The number of hydrogen-bond acceptors (Lipinski definition) is 10. The molecule has 0 unspecified atom stereocenters. The van der Waals surface area contributed by atoms with Gasteiger partial charge < -0.3 is 30.5 Å². The van der Waals surface area contributed by atoms with Crippen LogP contribution < -0.4 is 15.5 Å². The zero-order valence-corrected chi connectivity index (χ0v) is 23.1. The van der Waals surface area contributed by atoms with Crippen LogP contribution >= 0.6 is 50.4 Å². The number of aromatic nitrogens is 3. The first-order chi connectivity index (χ1) is 15.9. The first kappa shape index (κ1) is 28.6. The van der Waals surface area contributed by atoms with E-state index in [9.17, 15) is 10.2 Å². The molecule has 9 nitrogen and oxygen atoms in total. The molecular weight excluding hydrogens is 528 g/mol. The minimum absolute atomic E-state index is 0. The highest BCUT2D eigenvalue weighted by Crippen LogP contribution is 2.42. The number of piperidine rings is 1. The molecule has 0 bridgehead atoms. The average Bonchev–Trinajstić information content (AvgIpc) is 3.08. The lowest BCUT2D eigenvalue weighted by Gasteiger charge is -2.41. The standard InChI is InChI=1S/C22H29ClN6O3S.2H2S/c1-13-19(24)22(12-32-13)3-6-28(7-4-22)20-15(11-30)27-17(8-26-20)33-16-2-5-25-21(18(16)23)29-9-14(31)10-29;;/h2,5,8,13-14,19,30-31H,3-4,6-7,9-12,24H2,1H3;2*1H2/t13-,19+;;/m0../s1. The fourth-order valence-corrected chi connectivity index (χ4v) is 6.06. The number of halogens is 1. The van der Waals surface area contributed by atoms with E-state index in [1.54, 1.807) is 12.4 Å². The van der Waals surface area contributed by atoms with Gasteiger partial charge in [0.05, 0.1) is 36.6 Å². The zero-order valence-electron chi connectivity index (χ0n) is 19.5. The summed E-state index contributed by atoms with van der Waals surface area (Å²) in [6.07, 6.45) is 5.04. The van der Waals surface area contributed by atoms with E-state index in [4.69, 9.17) is 22.1 Å². The Bertz CT molecular complexity index is 1020. The van der Waals surface area contributed by atoms with Crippen LogP contribution in [0, 0.1) is 5.41 Å². The second-order valence-corrected chi connectivity index (χ2v) is 10.6. The number of β-amino-alcohol motifs (C(OH)–C–C–N with tert-alkyl or cyclic N) is 1. The first-order valence-corrected chi connectivity index (χ1v) is 12.4. The molecule has 0 saturated carbocycles. The maximum absolute atomic E-state index is 10.0. The predicted octanol–water partition coefficient (Wildman–Crippen LogP) is 1.91. The number of ether oxygens (including phenoxy) is 1. The summed E-state index contributed by atoms with van der Waals surface area (Å²) >= 11 is 7.97. The van der Waals surface area contributed by atoms with E-state index in [1.807, 2.05) is 17.9 Å². The summed E-state index contributed by atoms with van der Waals surface area (Å²) < 4.78 is 5.82. The van der Waals surface area contributed by atoms with Gasteiger partial charge in [-0.3, -0.25) is 0 Å². The zero-order chi connectivity index (χ0) is 23.2. The van der Waals surface area contributed by atoms with Crippen molar-refractivity contribution in [3.05, 3.63) is 29.2 Å². The molecule has 5 rings (SSSR count). The van der Waals surface area contributed by atoms with Crippen LogP contribution in [0.2, 0.25) is 5.02 Å². The van der Waals surface area contributed by atoms with Gasteiger partial charge in [-0.15, -0.1) is 0 Å². The molecule has 2 aromatic heterocycles. The molecule has 194 valence electrons. The largest absolute Gasteiger partial charge is 0.390 e. The van der Waals surface area contributed by atoms with Gasteiger partial charge in [-0.25, -0.2) is 15.0 Å². The third-order valence-electron chi connectivity index (χ3n) is 7.07. The van der Waals surface area contributed by atoms with Crippen molar-refractivity contribution in [3.8, 4) is 0 Å². The van der Waals surface area contributed by atoms with Gasteiger partial charge in [-0.1, -0.05) is 23.4 Å². The molecule has 35 heavy (non-hydrogen) atoms. The minimum Gasteiger partial charge on any atom is -0.390 e. The Balaban J connectivity index is 0.00000171. The summed E-state index contributed by atoms with van der Waals surface area (Å²) in [6.45, 7) is 5.22. The van der Waals surface area contributed by atoms with E-state index in [2.05, 4.69) is 19.9 Å². The van der Waals surface area contributed by atoms with Crippen LogP contribution in [0.25, 0.3) is 0 Å². The lowest BCUT2D eigenvalue weighted by atomic mass is 9.73. The molecule has 3 fully saturated rings. The van der Waals surface area contributed by atoms with Crippen LogP contribution in [-0.4, -0.2) is 76.2 Å². The van der Waals surface area contributed by atoms with Gasteiger partial charge in [0, 0.05) is 48.7 Å². The fourth-order valence-electron chi connectivity index (χ4n) is 4.91. The summed E-state index contributed by atoms with van der Waals surface area (Å²) in [5.74, 6) is 1.37. The molecule has 2 aromatic rings. The summed E-state index contributed by atoms with van der Waals surface area (Å²) in [7, 11) is 0. The lowest BCUT2D eigenvalue weighted by molar-refractivity contribution is 0.0973.